The molecule has 1 rings (SSSR count). The minimum atomic E-state index is 0.446. The summed E-state index contributed by atoms with van der Waals surface area (Å²) in [6.07, 6.45) is 0.446. The van der Waals surface area contributed by atoms with Crippen LogP contribution in [0, 0.1) is 46.3 Å². The van der Waals surface area contributed by atoms with E-state index >= 15 is 0 Å². The number of benzene rings is 1. The van der Waals surface area contributed by atoms with Crippen molar-refractivity contribution in [2.45, 2.75) is 26.9 Å². The van der Waals surface area contributed by atoms with E-state index in [4.69, 9.17) is 1.06 Å². The number of hydrogen-bond donors (Lipinski definition) is 0. The van der Waals surface area contributed by atoms with E-state index in [9.17, 15) is 0 Å². The molecular formula is C10H15NdO. The van der Waals surface area contributed by atoms with Crippen LogP contribution in [0.4, 0.5) is 0 Å². The Hall–Kier alpha value is 0.531. The van der Waals surface area contributed by atoms with Crippen molar-refractivity contribution >= 4 is 0 Å². The molecule has 0 N–H and O–H groups in total. The van der Waals surface area contributed by atoms with Crippen LogP contribution in [0.1, 0.15) is 19.4 Å². The third kappa shape index (κ3) is 8.63. The summed E-state index contributed by atoms with van der Waals surface area (Å²) in [7, 11) is 0. The molecule has 0 aromatic heterocycles. The van der Waals surface area contributed by atoms with Crippen LogP contribution in [0.3, 0.4) is 0 Å². The van der Waals surface area contributed by atoms with Gasteiger partial charge in [0.15, 0.2) is 0 Å². The van der Waals surface area contributed by atoms with Crippen LogP contribution in [-0.2, 0) is 1.06 Å². The Bertz CT molecular complexity index is 184. The van der Waals surface area contributed by atoms with Gasteiger partial charge in [0.25, 0.3) is 0 Å². The van der Waals surface area contributed by atoms with Crippen molar-refractivity contribution in [1.82, 2.24) is 0 Å². The summed E-state index contributed by atoms with van der Waals surface area (Å²) < 4.78 is 4.89. The first-order valence-electron chi connectivity index (χ1n) is 4.01. The van der Waals surface area contributed by atoms with Gasteiger partial charge in [-0.05, 0) is 6.92 Å². The number of hydrogen-bond acceptors (Lipinski definition) is 1. The van der Waals surface area contributed by atoms with E-state index < -0.39 is 0 Å². The Morgan fingerprint density at radius 1 is 1.17 bits per heavy atom. The minimum Gasteiger partial charge on any atom is -0.0622 e. The topological polar surface area (TPSA) is 9.23 Å². The molecule has 1 nitrogen and oxygen atoms in total. The van der Waals surface area contributed by atoms with Gasteiger partial charge >= 0.3 is 60.4 Å². The van der Waals surface area contributed by atoms with Crippen LogP contribution in [0.2, 0.25) is 0 Å². The summed E-state index contributed by atoms with van der Waals surface area (Å²) in [5, 5.41) is 0. The van der Waals surface area contributed by atoms with E-state index in [0.29, 0.717) is 6.10 Å². The monoisotopic (exact) mass is 293 g/mol. The fourth-order valence-corrected chi connectivity index (χ4v) is 0.534. The van der Waals surface area contributed by atoms with Gasteiger partial charge in [0.2, 0.25) is 0 Å². The molecule has 0 saturated carbocycles. The standard InChI is InChI=1S/C7H8.C3H7O.Nd/c1-7-5-3-2-4-6-7;1-3(2)4;/h2-6H,1H3;3H,1-2H3;/q;-1;+1. The molecule has 1 aromatic rings. The molecule has 0 heterocycles. The molecule has 0 bridgehead atoms. The van der Waals surface area contributed by atoms with Crippen LogP contribution in [-0.4, -0.2) is 6.10 Å². The van der Waals surface area contributed by atoms with Gasteiger partial charge in [0, 0.05) is 0 Å². The number of rotatable bonds is 1. The van der Waals surface area contributed by atoms with Crippen molar-refractivity contribution in [2.75, 3.05) is 0 Å². The third-order valence-corrected chi connectivity index (χ3v) is 2.69. The van der Waals surface area contributed by atoms with Crippen LogP contribution in [0.25, 0.3) is 0 Å². The van der Waals surface area contributed by atoms with E-state index in [0.717, 1.165) is 39.4 Å². The van der Waals surface area contributed by atoms with Gasteiger partial charge in [-0.3, -0.25) is 0 Å². The van der Waals surface area contributed by atoms with Gasteiger partial charge in [-0.25, -0.2) is 0 Å². The van der Waals surface area contributed by atoms with Crippen LogP contribution >= 0.6 is 0 Å². The maximum absolute atomic E-state index is 4.89. The maximum Gasteiger partial charge on any atom is -0.0398 e. The zero-order chi connectivity index (χ0) is 9.40. The zero-order valence-corrected chi connectivity index (χ0v) is 11.1. The van der Waals surface area contributed by atoms with Crippen LogP contribution < -0.4 is 0 Å². The molecule has 0 aliphatic carbocycles. The molecule has 0 unspecified atom stereocenters. The predicted molar refractivity (Wildman–Crippen MR) is 47.4 cm³/mol. The summed E-state index contributed by atoms with van der Waals surface area (Å²) in [4.78, 5) is 0. The molecule has 0 fully saturated rings. The van der Waals surface area contributed by atoms with Crippen molar-refractivity contribution in [3.63, 3.8) is 0 Å². The molecule has 2 heteroatoms. The molecule has 0 aliphatic heterocycles. The molecule has 0 aliphatic rings. The molecule has 0 spiro atoms. The van der Waals surface area contributed by atoms with Crippen molar-refractivity contribution in [3.05, 3.63) is 35.9 Å². The summed E-state index contributed by atoms with van der Waals surface area (Å²) in [6, 6.07) is 10.3. The summed E-state index contributed by atoms with van der Waals surface area (Å²) in [5.74, 6) is 0. The van der Waals surface area contributed by atoms with Gasteiger partial charge < -0.3 is 0 Å². The molecule has 0 amide bonds. The van der Waals surface area contributed by atoms with Crippen LogP contribution in [0.5, 0.6) is 0 Å². The third-order valence-electron chi connectivity index (χ3n) is 1.18. The average Bonchev–Trinajstić information content (AvgIpc) is 2.07. The zero-order valence-electron chi connectivity index (χ0n) is 7.87. The first-order valence-corrected chi connectivity index (χ1v) is 5.31. The molecule has 65 valence electrons. The van der Waals surface area contributed by atoms with Crippen molar-refractivity contribution in [2.24, 2.45) is 0 Å². The summed E-state index contributed by atoms with van der Waals surface area (Å²) in [6.45, 7) is 6.15. The first kappa shape index (κ1) is 12.5. The van der Waals surface area contributed by atoms with Crippen molar-refractivity contribution in [3.8, 4) is 0 Å². The quantitative estimate of drug-likeness (QED) is 0.774. The molecule has 0 atom stereocenters. The van der Waals surface area contributed by atoms with Gasteiger partial charge in [-0.15, -0.1) is 0 Å². The van der Waals surface area contributed by atoms with Gasteiger partial charge in [0.05, 0.1) is 0 Å². The molecular weight excluding hydrogens is 280 g/mol. The second-order valence-corrected chi connectivity index (χ2v) is 3.58. The fourth-order valence-electron chi connectivity index (χ4n) is 0.534. The second-order valence-electron chi connectivity index (χ2n) is 2.82. The van der Waals surface area contributed by atoms with E-state index in [2.05, 4.69) is 19.1 Å². The largest absolute Gasteiger partial charge is 0.0622 e. The van der Waals surface area contributed by atoms with E-state index in [1.165, 1.54) is 5.56 Å². The summed E-state index contributed by atoms with van der Waals surface area (Å²) in [5.41, 5.74) is 1.32. The van der Waals surface area contributed by atoms with Gasteiger partial charge in [0.1, 0.15) is 0 Å². The molecule has 0 radical (unpaired) electrons. The Labute approximate surface area is 102 Å². The average molecular weight is 295 g/mol. The van der Waals surface area contributed by atoms with Crippen LogP contribution in [0.15, 0.2) is 30.3 Å². The molecule has 0 saturated heterocycles. The predicted octanol–water partition coefficient (Wildman–Crippen LogP) is 2.87. The van der Waals surface area contributed by atoms with Crippen molar-refractivity contribution < 1.29 is 40.4 Å². The normalized spacial score (nSPS) is 8.92. The van der Waals surface area contributed by atoms with Gasteiger partial charge in [-0.1, -0.05) is 35.9 Å². The van der Waals surface area contributed by atoms with E-state index in [1.54, 1.807) is 0 Å². The maximum atomic E-state index is 4.89. The Morgan fingerprint density at radius 2 is 1.58 bits per heavy atom. The Balaban J connectivity index is 0.000000217. The smallest absolute Gasteiger partial charge is 0.0398 e. The first-order chi connectivity index (χ1) is 5.66. The minimum absolute atomic E-state index is 0.446. The Kier molecular flexibility index (Phi) is 8.50. The molecule has 12 heavy (non-hydrogen) atoms. The van der Waals surface area contributed by atoms with Crippen molar-refractivity contribution in [1.29, 1.82) is 0 Å². The van der Waals surface area contributed by atoms with E-state index in [1.807, 2.05) is 32.0 Å². The summed E-state index contributed by atoms with van der Waals surface area (Å²) >= 11 is 0.873. The fraction of sp³-hybridized carbons (Fsp3) is 0.400. The number of aryl methyl sites for hydroxylation is 1. The SMILES string of the molecule is CC(C)[O][Nd].Cc1ccccc1. The molecule has 1 aromatic carbocycles. The Morgan fingerprint density at radius 3 is 1.75 bits per heavy atom. The second kappa shape index (κ2) is 8.14. The van der Waals surface area contributed by atoms with Gasteiger partial charge in [-0.2, -0.15) is 0 Å². The van der Waals surface area contributed by atoms with E-state index in [-0.39, 0.29) is 0 Å².